The molecule has 4 aromatic rings. The normalized spacial score (nSPS) is 11.0. The number of amides is 2. The van der Waals surface area contributed by atoms with Gasteiger partial charge in [-0.1, -0.05) is 35.9 Å². The maximum atomic E-state index is 12.1. The Morgan fingerprint density at radius 3 is 2.15 bits per heavy atom. The van der Waals surface area contributed by atoms with Gasteiger partial charge in [0.05, 0.1) is 15.9 Å². The van der Waals surface area contributed by atoms with Crippen molar-refractivity contribution in [1.82, 2.24) is 15.0 Å². The van der Waals surface area contributed by atoms with Crippen molar-refractivity contribution in [2.45, 2.75) is 27.1 Å². The van der Waals surface area contributed by atoms with Crippen LogP contribution in [0, 0.1) is 0 Å². The van der Waals surface area contributed by atoms with E-state index in [9.17, 15) is 9.59 Å². The monoisotopic (exact) mass is 485 g/mol. The van der Waals surface area contributed by atoms with E-state index in [0.717, 1.165) is 37.4 Å². The summed E-state index contributed by atoms with van der Waals surface area (Å²) < 4.78 is 14.3. The van der Waals surface area contributed by atoms with Crippen molar-refractivity contribution in [3.05, 3.63) is 64.7 Å². The molecule has 0 unspecified atom stereocenters. The largest absolute Gasteiger partial charge is 0.445 e. The van der Waals surface area contributed by atoms with E-state index in [1.54, 1.807) is 11.3 Å². The van der Waals surface area contributed by atoms with E-state index >= 15 is 0 Å². The third kappa shape index (κ3) is 4.77. The van der Waals surface area contributed by atoms with Gasteiger partial charge < -0.3 is 20.1 Å². The van der Waals surface area contributed by atoms with Gasteiger partial charge in [-0.05, 0) is 43.7 Å². The molecule has 2 amide bonds. The summed E-state index contributed by atoms with van der Waals surface area (Å²) in [5.41, 5.74) is 4.39. The molecular weight excluding hydrogens is 462 g/mol. The summed E-state index contributed by atoms with van der Waals surface area (Å²) in [4.78, 5) is 25.1. The molecule has 0 aliphatic heterocycles. The first kappa shape index (κ1) is 22.9. The molecule has 7 nitrogen and oxygen atoms in total. The van der Waals surface area contributed by atoms with Gasteiger partial charge >= 0.3 is 12.2 Å². The van der Waals surface area contributed by atoms with Gasteiger partial charge in [0.15, 0.2) is 0 Å². The summed E-state index contributed by atoms with van der Waals surface area (Å²) in [6.07, 6.45) is -1.00. The second-order valence-electron chi connectivity index (χ2n) is 7.24. The van der Waals surface area contributed by atoms with Crippen molar-refractivity contribution in [1.29, 1.82) is 0 Å². The van der Waals surface area contributed by atoms with Gasteiger partial charge in [-0.15, -0.1) is 11.3 Å². The maximum absolute atomic E-state index is 12.1. The van der Waals surface area contributed by atoms with Crippen molar-refractivity contribution in [3.8, 4) is 11.3 Å². The lowest BCUT2D eigenvalue weighted by Crippen LogP contribution is -2.24. The first-order valence-electron chi connectivity index (χ1n) is 10.6. The van der Waals surface area contributed by atoms with Gasteiger partial charge in [0, 0.05) is 29.2 Å². The molecule has 0 spiro atoms. The lowest BCUT2D eigenvalue weighted by atomic mass is 10.1. The summed E-state index contributed by atoms with van der Waals surface area (Å²) in [6, 6.07) is 15.6. The number of alkyl carbamates (subject to hydrolysis) is 2. The second kappa shape index (κ2) is 10.1. The Hall–Kier alpha value is -3.23. The number of ether oxygens (including phenoxy) is 2. The average molecular weight is 486 g/mol. The highest BCUT2D eigenvalue weighted by Crippen LogP contribution is 2.40. The summed E-state index contributed by atoms with van der Waals surface area (Å²) >= 11 is 7.74. The van der Waals surface area contributed by atoms with Gasteiger partial charge in [-0.2, -0.15) is 0 Å². The van der Waals surface area contributed by atoms with Crippen LogP contribution in [-0.4, -0.2) is 29.7 Å². The maximum Gasteiger partial charge on any atom is 0.407 e. The highest BCUT2D eigenvalue weighted by molar-refractivity contribution is 7.24. The fourth-order valence-corrected chi connectivity index (χ4v) is 5.03. The molecule has 0 fully saturated rings. The van der Waals surface area contributed by atoms with Crippen molar-refractivity contribution in [3.63, 3.8) is 0 Å². The molecule has 0 bridgehead atoms. The zero-order valence-corrected chi connectivity index (χ0v) is 19.9. The summed E-state index contributed by atoms with van der Waals surface area (Å²) in [5, 5.41) is 5.92. The molecule has 9 heteroatoms. The first-order chi connectivity index (χ1) is 16.0. The van der Waals surface area contributed by atoms with E-state index in [0.29, 0.717) is 18.1 Å². The Morgan fingerprint density at radius 1 is 0.909 bits per heavy atom. The molecule has 0 radical (unpaired) electrons. The minimum Gasteiger partial charge on any atom is -0.445 e. The number of halogens is 1. The minimum atomic E-state index is -0.505. The van der Waals surface area contributed by atoms with Gasteiger partial charge in [-0.25, -0.2) is 9.59 Å². The van der Waals surface area contributed by atoms with Crippen molar-refractivity contribution < 1.29 is 19.1 Å². The van der Waals surface area contributed by atoms with Gasteiger partial charge in [0.2, 0.25) is 0 Å². The number of benzene rings is 2. The van der Waals surface area contributed by atoms with Crippen LogP contribution in [0.4, 0.5) is 9.59 Å². The van der Waals surface area contributed by atoms with E-state index in [1.165, 1.54) is 0 Å². The van der Waals surface area contributed by atoms with Crippen LogP contribution in [0.15, 0.2) is 48.5 Å². The molecule has 2 N–H and O–H groups in total. The Morgan fingerprint density at radius 2 is 1.52 bits per heavy atom. The number of fused-ring (bicyclic) bond motifs is 3. The zero-order chi connectivity index (χ0) is 23.4. The molecule has 0 aliphatic carbocycles. The van der Waals surface area contributed by atoms with Crippen molar-refractivity contribution >= 4 is 50.2 Å². The SMILES string of the molecule is CCNC(=O)OCc1c(COC(=O)NCC)c2sc3ccccc3n2c1-c1ccc(Cl)cc1. The molecule has 0 saturated heterocycles. The van der Waals surface area contributed by atoms with E-state index in [-0.39, 0.29) is 13.2 Å². The Labute approximate surface area is 200 Å². The van der Waals surface area contributed by atoms with Crippen LogP contribution in [0.25, 0.3) is 26.3 Å². The lowest BCUT2D eigenvalue weighted by molar-refractivity contribution is 0.133. The van der Waals surface area contributed by atoms with E-state index < -0.39 is 12.2 Å². The van der Waals surface area contributed by atoms with Gasteiger partial charge in [0.25, 0.3) is 0 Å². The van der Waals surface area contributed by atoms with E-state index in [1.807, 2.05) is 56.3 Å². The van der Waals surface area contributed by atoms with Crippen LogP contribution in [0.5, 0.6) is 0 Å². The quantitative estimate of drug-likeness (QED) is 0.338. The number of carbonyl (C=O) groups is 2. The number of para-hydroxylation sites is 1. The number of nitrogens with zero attached hydrogens (tertiary/aromatic N) is 1. The summed E-state index contributed by atoms with van der Waals surface area (Å²) in [7, 11) is 0. The van der Waals surface area contributed by atoms with E-state index in [2.05, 4.69) is 21.1 Å². The number of nitrogens with one attached hydrogen (secondary N) is 2. The van der Waals surface area contributed by atoms with Crippen LogP contribution in [0.3, 0.4) is 0 Å². The Bertz CT molecular complexity index is 1300. The molecular formula is C24H24ClN3O4S. The number of rotatable bonds is 7. The standard InChI is InChI=1S/C24H24ClN3O4S/c1-3-26-23(29)31-13-17-18(14-32-24(30)27-4-2)22-28(19-7-5-6-8-20(19)33-22)21(17)15-9-11-16(25)12-10-15/h5-12H,3-4,13-14H2,1-2H3,(H,26,29)(H,27,30). The number of hydrogen-bond acceptors (Lipinski definition) is 5. The molecule has 0 atom stereocenters. The smallest absolute Gasteiger partial charge is 0.407 e. The van der Waals surface area contributed by atoms with E-state index in [4.69, 9.17) is 21.1 Å². The van der Waals surface area contributed by atoms with Crippen molar-refractivity contribution in [2.75, 3.05) is 13.1 Å². The van der Waals surface area contributed by atoms with Gasteiger partial charge in [0.1, 0.15) is 18.0 Å². The number of thiazole rings is 1. The summed E-state index contributed by atoms with van der Waals surface area (Å²) in [6.45, 7) is 4.66. The molecule has 2 aromatic carbocycles. The lowest BCUT2D eigenvalue weighted by Gasteiger charge is -2.11. The second-order valence-corrected chi connectivity index (χ2v) is 8.70. The zero-order valence-electron chi connectivity index (χ0n) is 18.3. The fourth-order valence-electron chi connectivity index (χ4n) is 3.69. The van der Waals surface area contributed by atoms with Crippen LogP contribution < -0.4 is 10.6 Å². The topological polar surface area (TPSA) is 81.1 Å². The van der Waals surface area contributed by atoms with Crippen LogP contribution in [-0.2, 0) is 22.7 Å². The molecule has 33 heavy (non-hydrogen) atoms. The molecule has 0 aliphatic rings. The molecule has 172 valence electrons. The number of carbonyl (C=O) groups excluding carboxylic acids is 2. The van der Waals surface area contributed by atoms with Crippen LogP contribution in [0.1, 0.15) is 25.0 Å². The third-order valence-electron chi connectivity index (χ3n) is 5.10. The fraction of sp³-hybridized carbons (Fsp3) is 0.250. The number of aromatic nitrogens is 1. The third-order valence-corrected chi connectivity index (χ3v) is 6.54. The highest BCUT2D eigenvalue weighted by atomic mass is 35.5. The number of hydrogen-bond donors (Lipinski definition) is 2. The molecule has 0 saturated carbocycles. The highest BCUT2D eigenvalue weighted by Gasteiger charge is 2.25. The molecule has 2 heterocycles. The molecule has 2 aromatic heterocycles. The summed E-state index contributed by atoms with van der Waals surface area (Å²) in [5.74, 6) is 0. The average Bonchev–Trinajstić information content (AvgIpc) is 3.31. The predicted octanol–water partition coefficient (Wildman–Crippen LogP) is 5.97. The van der Waals surface area contributed by atoms with Crippen molar-refractivity contribution in [2.24, 2.45) is 0 Å². The molecule has 4 rings (SSSR count). The predicted molar refractivity (Wildman–Crippen MR) is 131 cm³/mol. The Kier molecular flexibility index (Phi) is 7.05. The first-order valence-corrected chi connectivity index (χ1v) is 11.8. The minimum absolute atomic E-state index is 0.0284. The van der Waals surface area contributed by atoms with Gasteiger partial charge in [-0.3, -0.25) is 4.40 Å². The van der Waals surface area contributed by atoms with Crippen LogP contribution >= 0.6 is 22.9 Å². The van der Waals surface area contributed by atoms with Crippen LogP contribution in [0.2, 0.25) is 5.02 Å². The Balaban J connectivity index is 1.91.